The number of aliphatic hydroxyl groups is 1. The lowest BCUT2D eigenvalue weighted by Crippen LogP contribution is -2.31. The molecule has 0 radical (unpaired) electrons. The molecule has 3 rings (SSSR count). The normalized spacial score (nSPS) is 15.6. The fraction of sp³-hybridized carbons (Fsp3) is 0.318. The minimum absolute atomic E-state index is 0.0326. The van der Waals surface area contributed by atoms with E-state index in [1.807, 2.05) is 6.08 Å². The molecule has 2 aromatic rings. The minimum Gasteiger partial charge on any atom is -0.484 e. The van der Waals surface area contributed by atoms with Crippen LogP contribution in [0.2, 0.25) is 5.02 Å². The number of allylic oxidation sites excluding steroid dienone is 1. The third kappa shape index (κ3) is 6.66. The highest BCUT2D eigenvalue weighted by atomic mass is 35.5. The lowest BCUT2D eigenvalue weighted by Gasteiger charge is -2.14. The van der Waals surface area contributed by atoms with Gasteiger partial charge in [-0.3, -0.25) is 9.59 Å². The highest BCUT2D eigenvalue weighted by Crippen LogP contribution is 2.26. The van der Waals surface area contributed by atoms with E-state index in [0.717, 1.165) is 11.6 Å². The summed E-state index contributed by atoms with van der Waals surface area (Å²) in [5.74, 6) is -0.953. The number of nitrogens with zero attached hydrogens (tertiary/aromatic N) is 1. The van der Waals surface area contributed by atoms with Crippen molar-refractivity contribution in [1.82, 2.24) is 15.6 Å². The zero-order chi connectivity index (χ0) is 23.1. The molecule has 3 N–H and O–H groups in total. The van der Waals surface area contributed by atoms with Gasteiger partial charge in [0.25, 0.3) is 11.8 Å². The summed E-state index contributed by atoms with van der Waals surface area (Å²) in [6.07, 6.45) is 4.91. The van der Waals surface area contributed by atoms with Crippen molar-refractivity contribution in [2.45, 2.75) is 31.8 Å². The van der Waals surface area contributed by atoms with Gasteiger partial charge in [0.1, 0.15) is 11.6 Å². The number of aliphatic hydroxyl groups excluding tert-OH is 1. The van der Waals surface area contributed by atoms with Gasteiger partial charge in [-0.15, -0.1) is 0 Å². The molecule has 1 aliphatic rings. The first kappa shape index (κ1) is 23.5. The fourth-order valence-electron chi connectivity index (χ4n) is 2.95. The van der Waals surface area contributed by atoms with Gasteiger partial charge in [0, 0.05) is 30.3 Å². The van der Waals surface area contributed by atoms with Crippen LogP contribution in [0.15, 0.2) is 47.2 Å². The first-order chi connectivity index (χ1) is 15.3. The van der Waals surface area contributed by atoms with Gasteiger partial charge in [-0.2, -0.15) is 0 Å². The Labute approximate surface area is 189 Å². The van der Waals surface area contributed by atoms with Crippen LogP contribution in [0.4, 0.5) is 4.39 Å². The van der Waals surface area contributed by atoms with Crippen molar-refractivity contribution in [3.63, 3.8) is 0 Å². The van der Waals surface area contributed by atoms with Gasteiger partial charge in [-0.25, -0.2) is 9.37 Å². The fourth-order valence-corrected chi connectivity index (χ4v) is 3.06. The van der Waals surface area contributed by atoms with Gasteiger partial charge in [0.2, 0.25) is 11.7 Å². The van der Waals surface area contributed by atoms with E-state index in [4.69, 9.17) is 20.8 Å². The second-order valence-electron chi connectivity index (χ2n) is 7.21. The summed E-state index contributed by atoms with van der Waals surface area (Å²) in [5.41, 5.74) is 1.24. The molecule has 1 atom stereocenters. The molecule has 1 unspecified atom stereocenters. The molecule has 0 spiro atoms. The molecule has 170 valence electrons. The number of hydrogen-bond donors (Lipinski definition) is 3. The van der Waals surface area contributed by atoms with Crippen LogP contribution in [0.25, 0.3) is 5.57 Å². The van der Waals surface area contributed by atoms with Crippen molar-refractivity contribution in [2.75, 3.05) is 13.2 Å². The maximum Gasteiger partial charge on any atom is 0.292 e. The van der Waals surface area contributed by atoms with Crippen LogP contribution < -0.4 is 15.4 Å². The quantitative estimate of drug-likeness (QED) is 0.526. The van der Waals surface area contributed by atoms with E-state index >= 15 is 0 Å². The summed E-state index contributed by atoms with van der Waals surface area (Å²) in [5, 5.41) is 14.7. The monoisotopic (exact) mass is 463 g/mol. The maximum absolute atomic E-state index is 13.4. The van der Waals surface area contributed by atoms with E-state index in [1.54, 1.807) is 0 Å². The Hall–Kier alpha value is -3.17. The molecule has 0 saturated carbocycles. The molecular formula is C22H23ClFN3O5. The predicted molar refractivity (Wildman–Crippen MR) is 115 cm³/mol. The summed E-state index contributed by atoms with van der Waals surface area (Å²) in [7, 11) is 0. The average molecular weight is 464 g/mol. The summed E-state index contributed by atoms with van der Waals surface area (Å²) < 4.78 is 24.1. The topological polar surface area (TPSA) is 114 Å². The molecule has 8 nitrogen and oxygen atoms in total. The number of aromatic nitrogens is 1. The van der Waals surface area contributed by atoms with E-state index in [0.29, 0.717) is 30.9 Å². The number of hydrogen-bond acceptors (Lipinski definition) is 6. The van der Waals surface area contributed by atoms with Crippen molar-refractivity contribution >= 4 is 29.0 Å². The van der Waals surface area contributed by atoms with Crippen molar-refractivity contribution in [3.8, 4) is 5.75 Å². The van der Waals surface area contributed by atoms with E-state index in [2.05, 4.69) is 22.2 Å². The van der Waals surface area contributed by atoms with Gasteiger partial charge in [-0.1, -0.05) is 24.3 Å². The highest BCUT2D eigenvalue weighted by molar-refractivity contribution is 6.30. The predicted octanol–water partition coefficient (Wildman–Crippen LogP) is 3.22. The molecule has 10 heteroatoms. The molecule has 1 aliphatic carbocycles. The molecule has 0 fully saturated rings. The number of benzene rings is 1. The maximum atomic E-state index is 13.4. The van der Waals surface area contributed by atoms with Crippen LogP contribution in [0.3, 0.4) is 0 Å². The lowest BCUT2D eigenvalue weighted by molar-refractivity contribution is -0.123. The summed E-state index contributed by atoms with van der Waals surface area (Å²) in [4.78, 5) is 28.3. The Morgan fingerprint density at radius 2 is 2.22 bits per heavy atom. The number of ether oxygens (including phenoxy) is 1. The number of nitrogens with one attached hydrogen (secondary N) is 2. The van der Waals surface area contributed by atoms with Crippen LogP contribution in [-0.4, -0.2) is 41.2 Å². The Morgan fingerprint density at radius 3 is 2.94 bits per heavy atom. The number of amides is 2. The standard InChI is InChI=1S/C22H23ClFN3O5/c1-13(8-9-25-20(29)12-31-16-6-7-17(23)18(24)10-16)27-21(30)19-11-26-22(32-19)14-2-4-15(28)5-3-14/h2,6-7,10-11,15,28H,1,3-5,8-9,12H2,(H,25,29)(H,27,30). The Kier molecular flexibility index (Phi) is 8.02. The third-order valence-electron chi connectivity index (χ3n) is 4.69. The number of oxazole rings is 1. The number of halogens is 2. The number of carbonyl (C=O) groups is 2. The average Bonchev–Trinajstić information content (AvgIpc) is 3.25. The van der Waals surface area contributed by atoms with Crippen LogP contribution in [-0.2, 0) is 4.79 Å². The van der Waals surface area contributed by atoms with Crippen LogP contribution >= 0.6 is 11.6 Å². The first-order valence-corrected chi connectivity index (χ1v) is 10.4. The van der Waals surface area contributed by atoms with Gasteiger partial charge in [0.05, 0.1) is 17.3 Å². The molecule has 0 aliphatic heterocycles. The molecule has 32 heavy (non-hydrogen) atoms. The molecule has 0 saturated heterocycles. The first-order valence-electron chi connectivity index (χ1n) is 9.99. The smallest absolute Gasteiger partial charge is 0.292 e. The van der Waals surface area contributed by atoms with Crippen molar-refractivity contribution in [2.24, 2.45) is 0 Å². The molecular weight excluding hydrogens is 441 g/mol. The van der Waals surface area contributed by atoms with Gasteiger partial charge in [0.15, 0.2) is 6.61 Å². The van der Waals surface area contributed by atoms with Gasteiger partial charge < -0.3 is 24.9 Å². The minimum atomic E-state index is -0.634. The summed E-state index contributed by atoms with van der Waals surface area (Å²) in [6, 6.07) is 3.89. The van der Waals surface area contributed by atoms with Crippen LogP contribution in [0.1, 0.15) is 42.1 Å². The largest absolute Gasteiger partial charge is 0.484 e. The second kappa shape index (κ2) is 10.9. The third-order valence-corrected chi connectivity index (χ3v) is 4.99. The highest BCUT2D eigenvalue weighted by Gasteiger charge is 2.19. The molecule has 1 aromatic heterocycles. The molecule has 1 aromatic carbocycles. The van der Waals surface area contributed by atoms with Crippen molar-refractivity contribution < 1.29 is 28.2 Å². The number of carbonyl (C=O) groups excluding carboxylic acids is 2. The zero-order valence-corrected chi connectivity index (χ0v) is 18.0. The second-order valence-corrected chi connectivity index (χ2v) is 7.62. The Bertz CT molecular complexity index is 1040. The molecule has 1 heterocycles. The van der Waals surface area contributed by atoms with Crippen LogP contribution in [0.5, 0.6) is 5.75 Å². The number of rotatable bonds is 9. The Balaban J connectivity index is 1.37. The molecule has 0 bridgehead atoms. The van der Waals surface area contributed by atoms with E-state index in [9.17, 15) is 19.1 Å². The van der Waals surface area contributed by atoms with Crippen LogP contribution in [0, 0.1) is 5.82 Å². The summed E-state index contributed by atoms with van der Waals surface area (Å²) >= 11 is 5.59. The summed E-state index contributed by atoms with van der Waals surface area (Å²) in [6.45, 7) is 3.68. The molecule has 2 amide bonds. The van der Waals surface area contributed by atoms with Gasteiger partial charge in [-0.05, 0) is 31.4 Å². The van der Waals surface area contributed by atoms with Crippen molar-refractivity contribution in [1.29, 1.82) is 0 Å². The lowest BCUT2D eigenvalue weighted by atomic mass is 9.97. The van der Waals surface area contributed by atoms with Gasteiger partial charge >= 0.3 is 0 Å². The van der Waals surface area contributed by atoms with E-state index in [1.165, 1.54) is 18.3 Å². The van der Waals surface area contributed by atoms with Crippen molar-refractivity contribution in [3.05, 3.63) is 65.2 Å². The zero-order valence-electron chi connectivity index (χ0n) is 17.2. The van der Waals surface area contributed by atoms with E-state index in [-0.39, 0.29) is 42.2 Å². The van der Waals surface area contributed by atoms with E-state index < -0.39 is 17.6 Å². The SMILES string of the molecule is C=C(CCNC(=O)COc1ccc(Cl)c(F)c1)NC(=O)c1cnc(C2=CCC(O)CC2)o1. The Morgan fingerprint density at radius 1 is 1.41 bits per heavy atom.